The number of likely N-dealkylation sites (N-methyl/N-ethyl adjacent to an activating group) is 2. The number of aromatic nitrogens is 3. The highest BCUT2D eigenvalue weighted by Gasteiger charge is 2.27. The van der Waals surface area contributed by atoms with Crippen LogP contribution < -0.4 is 4.90 Å². The first-order valence-electron chi connectivity index (χ1n) is 16.3. The third-order valence-corrected chi connectivity index (χ3v) is 9.67. The van der Waals surface area contributed by atoms with E-state index in [0.717, 1.165) is 72.3 Å². The number of carbonyl (C=O) groups is 1. The summed E-state index contributed by atoms with van der Waals surface area (Å²) in [7, 11) is 8.11. The van der Waals surface area contributed by atoms with Crippen LogP contribution in [-0.2, 0) is 0 Å². The lowest BCUT2D eigenvalue weighted by molar-refractivity contribution is 0.0786. The molecule has 1 N–H and O–H groups in total. The van der Waals surface area contributed by atoms with Gasteiger partial charge in [0.05, 0.1) is 11.9 Å². The van der Waals surface area contributed by atoms with Gasteiger partial charge in [0.1, 0.15) is 5.52 Å². The van der Waals surface area contributed by atoms with Gasteiger partial charge in [0.25, 0.3) is 5.91 Å². The van der Waals surface area contributed by atoms with E-state index in [9.17, 15) is 4.79 Å². The van der Waals surface area contributed by atoms with Gasteiger partial charge in [-0.25, -0.2) is 9.97 Å². The van der Waals surface area contributed by atoms with Crippen LogP contribution >= 0.6 is 0 Å². The third kappa shape index (κ3) is 6.76. The van der Waals surface area contributed by atoms with Crippen LogP contribution in [0.4, 0.5) is 5.69 Å². The van der Waals surface area contributed by atoms with Gasteiger partial charge in [-0.3, -0.25) is 9.69 Å². The largest absolute Gasteiger partial charge is 0.369 e. The summed E-state index contributed by atoms with van der Waals surface area (Å²) >= 11 is 0. The molecule has 1 amide bonds. The Balaban J connectivity index is 1.18. The Morgan fingerprint density at radius 1 is 0.911 bits per heavy atom. The molecule has 0 saturated carbocycles. The minimum Gasteiger partial charge on any atom is -0.369 e. The van der Waals surface area contributed by atoms with E-state index in [0.29, 0.717) is 12.1 Å². The number of carbonyl (C=O) groups excluding carboxylic acids is 1. The molecule has 0 aliphatic carbocycles. The molecule has 4 heterocycles. The number of hydrogen-bond acceptors (Lipinski definition) is 7. The van der Waals surface area contributed by atoms with Crippen molar-refractivity contribution >= 4 is 22.8 Å². The number of aryl methyl sites for hydroxylation is 2. The normalized spacial score (nSPS) is 17.0. The summed E-state index contributed by atoms with van der Waals surface area (Å²) < 4.78 is 0. The van der Waals surface area contributed by atoms with Gasteiger partial charge >= 0.3 is 0 Å². The highest BCUT2D eigenvalue weighted by molar-refractivity contribution is 5.96. The van der Waals surface area contributed by atoms with Crippen LogP contribution in [0.5, 0.6) is 0 Å². The van der Waals surface area contributed by atoms with Crippen LogP contribution in [0.15, 0.2) is 48.8 Å². The Labute approximate surface area is 267 Å². The second kappa shape index (κ2) is 13.3. The second-order valence-corrected chi connectivity index (χ2v) is 13.3. The van der Waals surface area contributed by atoms with Gasteiger partial charge in [-0.1, -0.05) is 12.1 Å². The van der Waals surface area contributed by atoms with E-state index < -0.39 is 0 Å². The molecule has 9 heteroatoms. The molecule has 2 aliphatic rings. The molecule has 2 fully saturated rings. The van der Waals surface area contributed by atoms with Crippen LogP contribution in [0.3, 0.4) is 0 Å². The molecular formula is C36H48N8O. The SMILES string of the molecule is Cc1cc(-c2cnc3[nH]cc(-c4ccc(C(=O)N(C)CCN(C)C)cc4)c3n2)cc(C)c1N1CCN(C2CCN(C)CC2)CC1. The number of benzene rings is 2. The van der Waals surface area contributed by atoms with E-state index in [1.54, 1.807) is 4.90 Å². The van der Waals surface area contributed by atoms with Crippen molar-refractivity contribution in [1.29, 1.82) is 0 Å². The highest BCUT2D eigenvalue weighted by atomic mass is 16.2. The lowest BCUT2D eigenvalue weighted by Crippen LogP contribution is -2.53. The van der Waals surface area contributed by atoms with Gasteiger partial charge in [0.2, 0.25) is 0 Å². The number of likely N-dealkylation sites (tertiary alicyclic amines) is 1. The summed E-state index contributed by atoms with van der Waals surface area (Å²) in [4.78, 5) is 37.6. The van der Waals surface area contributed by atoms with Crippen LogP contribution in [0, 0.1) is 13.8 Å². The predicted octanol–water partition coefficient (Wildman–Crippen LogP) is 4.76. The molecule has 45 heavy (non-hydrogen) atoms. The summed E-state index contributed by atoms with van der Waals surface area (Å²) in [6.07, 6.45) is 6.40. The van der Waals surface area contributed by atoms with Gasteiger partial charge in [-0.05, 0) is 102 Å². The number of nitrogens with zero attached hydrogens (tertiary/aromatic N) is 7. The Hall–Kier alpha value is -3.79. The molecule has 0 unspecified atom stereocenters. The Morgan fingerprint density at radius 2 is 1.58 bits per heavy atom. The van der Waals surface area contributed by atoms with E-state index in [1.165, 1.54) is 42.7 Å². The number of piperazine rings is 1. The van der Waals surface area contributed by atoms with E-state index >= 15 is 0 Å². The standard InChI is InChI=1S/C36H48N8O/c1-25-21-29(22-26(2)34(25)44-19-17-43(18-20-44)30-11-13-41(5)14-12-30)32-24-38-35-33(39-32)31(23-37-35)27-7-9-28(10-8-27)36(45)42(6)16-15-40(3)4/h7-10,21-24,30H,11-20H2,1-6H3,(H,37,38). The van der Waals surface area contributed by atoms with Gasteiger partial charge in [0.15, 0.2) is 5.65 Å². The van der Waals surface area contributed by atoms with E-state index in [2.05, 4.69) is 57.6 Å². The molecule has 2 saturated heterocycles. The molecule has 2 aliphatic heterocycles. The van der Waals surface area contributed by atoms with Crippen molar-refractivity contribution in [1.82, 2.24) is 34.6 Å². The number of anilines is 1. The van der Waals surface area contributed by atoms with Crippen LogP contribution in [0.1, 0.15) is 34.3 Å². The average Bonchev–Trinajstić information content (AvgIpc) is 3.47. The first-order valence-corrected chi connectivity index (χ1v) is 16.3. The molecule has 238 valence electrons. The maximum Gasteiger partial charge on any atom is 0.253 e. The molecule has 0 bridgehead atoms. The lowest BCUT2D eigenvalue weighted by atomic mass is 9.99. The summed E-state index contributed by atoms with van der Waals surface area (Å²) in [6, 6.07) is 13.1. The van der Waals surface area contributed by atoms with E-state index in [-0.39, 0.29) is 5.91 Å². The van der Waals surface area contributed by atoms with Gasteiger partial charge in [0, 0.05) is 80.9 Å². The molecule has 6 rings (SSSR count). The van der Waals surface area contributed by atoms with Gasteiger partial charge < -0.3 is 24.6 Å². The quantitative estimate of drug-likeness (QED) is 0.309. The summed E-state index contributed by atoms with van der Waals surface area (Å²) in [5, 5.41) is 0. The number of aromatic amines is 1. The molecule has 0 atom stereocenters. The summed E-state index contributed by atoms with van der Waals surface area (Å²) in [5.74, 6) is 0.0257. The van der Waals surface area contributed by atoms with Gasteiger partial charge in [-0.15, -0.1) is 0 Å². The van der Waals surface area contributed by atoms with Crippen molar-refractivity contribution in [2.24, 2.45) is 0 Å². The van der Waals surface area contributed by atoms with Crippen molar-refractivity contribution in [2.75, 3.05) is 85.4 Å². The van der Waals surface area contributed by atoms with Crippen molar-refractivity contribution in [2.45, 2.75) is 32.7 Å². The Bertz CT molecular complexity index is 1610. The number of amides is 1. The fourth-order valence-electron chi connectivity index (χ4n) is 6.99. The third-order valence-electron chi connectivity index (χ3n) is 9.67. The zero-order valence-corrected chi connectivity index (χ0v) is 27.8. The van der Waals surface area contributed by atoms with Crippen molar-refractivity contribution in [3.8, 4) is 22.4 Å². The topological polar surface area (TPSA) is 74.8 Å². The number of fused-ring (bicyclic) bond motifs is 1. The minimum atomic E-state index is 0.0257. The summed E-state index contributed by atoms with van der Waals surface area (Å²) in [6.45, 7) is 12.8. The van der Waals surface area contributed by atoms with Crippen LogP contribution in [0.25, 0.3) is 33.5 Å². The smallest absolute Gasteiger partial charge is 0.253 e. The average molecular weight is 609 g/mol. The summed E-state index contributed by atoms with van der Waals surface area (Å²) in [5.41, 5.74) is 10.1. The number of H-pyrrole nitrogens is 1. The number of nitrogens with one attached hydrogen (secondary N) is 1. The van der Waals surface area contributed by atoms with E-state index in [4.69, 9.17) is 9.97 Å². The first kappa shape index (κ1) is 31.2. The number of piperidine rings is 1. The molecule has 2 aromatic heterocycles. The minimum absolute atomic E-state index is 0.0257. The molecule has 9 nitrogen and oxygen atoms in total. The molecule has 2 aromatic carbocycles. The van der Waals surface area contributed by atoms with E-state index in [1.807, 2.05) is 57.8 Å². The maximum absolute atomic E-state index is 12.9. The zero-order chi connectivity index (χ0) is 31.7. The van der Waals surface area contributed by atoms with Crippen molar-refractivity contribution in [3.05, 3.63) is 65.5 Å². The monoisotopic (exact) mass is 608 g/mol. The highest BCUT2D eigenvalue weighted by Crippen LogP contribution is 2.33. The van der Waals surface area contributed by atoms with Crippen LogP contribution in [-0.4, -0.2) is 127 Å². The first-order chi connectivity index (χ1) is 21.7. The predicted molar refractivity (Wildman–Crippen MR) is 184 cm³/mol. The molecule has 0 spiro atoms. The fraction of sp³-hybridized carbons (Fsp3) is 0.472. The number of hydrogen-bond donors (Lipinski definition) is 1. The molecular weight excluding hydrogens is 560 g/mol. The van der Waals surface area contributed by atoms with Crippen molar-refractivity contribution < 1.29 is 4.79 Å². The molecule has 4 aromatic rings. The van der Waals surface area contributed by atoms with Crippen molar-refractivity contribution in [3.63, 3.8) is 0 Å². The second-order valence-electron chi connectivity index (χ2n) is 13.3. The Morgan fingerprint density at radius 3 is 2.22 bits per heavy atom. The fourth-order valence-corrected chi connectivity index (χ4v) is 6.99. The zero-order valence-electron chi connectivity index (χ0n) is 27.8. The number of rotatable bonds is 8. The Kier molecular flexibility index (Phi) is 9.21. The van der Waals surface area contributed by atoms with Gasteiger partial charge in [-0.2, -0.15) is 0 Å². The lowest BCUT2D eigenvalue weighted by Gasteiger charge is -2.43. The maximum atomic E-state index is 12.9. The molecule has 0 radical (unpaired) electrons. The van der Waals surface area contributed by atoms with Crippen LogP contribution in [0.2, 0.25) is 0 Å².